The summed E-state index contributed by atoms with van der Waals surface area (Å²) in [6, 6.07) is 9.39. The Morgan fingerprint density at radius 2 is 1.67 bits per heavy atom. The van der Waals surface area contributed by atoms with Gasteiger partial charge >= 0.3 is 5.97 Å². The van der Waals surface area contributed by atoms with Crippen molar-refractivity contribution in [2.24, 2.45) is 0 Å². The Labute approximate surface area is 181 Å². The third kappa shape index (κ3) is 4.05. The molecule has 8 nitrogen and oxygen atoms in total. The van der Waals surface area contributed by atoms with Crippen LogP contribution in [0.4, 0.5) is 5.88 Å². The van der Waals surface area contributed by atoms with E-state index in [1.54, 1.807) is 24.3 Å². The van der Waals surface area contributed by atoms with Gasteiger partial charge in [-0.25, -0.2) is 4.79 Å². The van der Waals surface area contributed by atoms with Crippen LogP contribution < -0.4 is 14.8 Å². The average molecular weight is 451 g/mol. The van der Waals surface area contributed by atoms with Gasteiger partial charge < -0.3 is 18.7 Å². The van der Waals surface area contributed by atoms with Crippen molar-refractivity contribution in [3.8, 4) is 22.8 Å². The Balaban J connectivity index is 2.02. The summed E-state index contributed by atoms with van der Waals surface area (Å²) in [7, 11) is 4.12. The summed E-state index contributed by atoms with van der Waals surface area (Å²) in [5.41, 5.74) is 0.426. The van der Waals surface area contributed by atoms with Gasteiger partial charge in [0.15, 0.2) is 17.1 Å². The van der Waals surface area contributed by atoms with Gasteiger partial charge in [0.1, 0.15) is 5.69 Å². The fourth-order valence-electron chi connectivity index (χ4n) is 2.71. The molecule has 3 rings (SSSR count). The van der Waals surface area contributed by atoms with Gasteiger partial charge in [-0.2, -0.15) is 0 Å². The molecule has 0 fully saturated rings. The molecule has 0 bridgehead atoms. The highest BCUT2D eigenvalue weighted by molar-refractivity contribution is 6.39. The fraction of sp³-hybridized carbons (Fsp3) is 0.150. The number of benzene rings is 2. The van der Waals surface area contributed by atoms with Crippen molar-refractivity contribution in [2.45, 2.75) is 0 Å². The number of carbonyl (C=O) groups excluding carboxylic acids is 2. The van der Waals surface area contributed by atoms with Crippen molar-refractivity contribution in [3.05, 3.63) is 57.6 Å². The number of aromatic nitrogens is 1. The number of ether oxygens (including phenoxy) is 3. The summed E-state index contributed by atoms with van der Waals surface area (Å²) in [6.45, 7) is 0. The SMILES string of the molecule is COC(=O)c1c(-c2c(Cl)cccc2Cl)noc1NC(=O)c1ccc(OC)c(OC)c1. The summed E-state index contributed by atoms with van der Waals surface area (Å²) >= 11 is 12.5. The van der Waals surface area contributed by atoms with E-state index in [0.29, 0.717) is 11.5 Å². The predicted octanol–water partition coefficient (Wildman–Crippen LogP) is 4.70. The van der Waals surface area contributed by atoms with E-state index < -0.39 is 11.9 Å². The van der Waals surface area contributed by atoms with Gasteiger partial charge in [-0.15, -0.1) is 0 Å². The third-order valence-electron chi connectivity index (χ3n) is 4.15. The number of esters is 1. The molecule has 0 spiro atoms. The standard InChI is InChI=1S/C20H16Cl2N2O6/c1-27-13-8-7-10(9-14(13)28-2)18(25)23-19-16(20(26)29-3)17(24-30-19)15-11(21)5-4-6-12(15)22/h4-9H,1-3H3,(H,23,25). The van der Waals surface area contributed by atoms with Gasteiger partial charge in [0.05, 0.1) is 31.4 Å². The van der Waals surface area contributed by atoms with Gasteiger partial charge in [0, 0.05) is 11.1 Å². The van der Waals surface area contributed by atoms with E-state index in [4.69, 9.17) is 41.9 Å². The highest BCUT2D eigenvalue weighted by Crippen LogP contribution is 2.38. The summed E-state index contributed by atoms with van der Waals surface area (Å²) in [6.07, 6.45) is 0. The van der Waals surface area contributed by atoms with Crippen LogP contribution in [0.25, 0.3) is 11.3 Å². The molecule has 1 amide bonds. The number of methoxy groups -OCH3 is 3. The maximum atomic E-state index is 12.7. The maximum Gasteiger partial charge on any atom is 0.345 e. The first-order chi connectivity index (χ1) is 14.4. The Morgan fingerprint density at radius 3 is 2.27 bits per heavy atom. The number of rotatable bonds is 6. The Hall–Kier alpha value is -3.23. The Kier molecular flexibility index (Phi) is 6.49. The number of hydrogen-bond donors (Lipinski definition) is 1. The van der Waals surface area contributed by atoms with Crippen molar-refractivity contribution in [1.29, 1.82) is 0 Å². The monoisotopic (exact) mass is 450 g/mol. The highest BCUT2D eigenvalue weighted by Gasteiger charge is 2.29. The molecule has 1 heterocycles. The van der Waals surface area contributed by atoms with E-state index in [1.165, 1.54) is 33.5 Å². The van der Waals surface area contributed by atoms with Crippen molar-refractivity contribution in [3.63, 3.8) is 0 Å². The average Bonchev–Trinajstić information content (AvgIpc) is 3.15. The zero-order chi connectivity index (χ0) is 21.8. The second-order valence-corrected chi connectivity index (χ2v) is 6.66. The van der Waals surface area contributed by atoms with E-state index >= 15 is 0 Å². The molecular formula is C20H16Cl2N2O6. The van der Waals surface area contributed by atoms with Crippen LogP contribution in [0.3, 0.4) is 0 Å². The molecule has 0 radical (unpaired) electrons. The molecule has 0 atom stereocenters. The lowest BCUT2D eigenvalue weighted by Crippen LogP contribution is -2.15. The minimum absolute atomic E-state index is 0.0417. The maximum absolute atomic E-state index is 12.7. The first-order valence-corrected chi connectivity index (χ1v) is 9.22. The van der Waals surface area contributed by atoms with Crippen LogP contribution in [0.1, 0.15) is 20.7 Å². The highest BCUT2D eigenvalue weighted by atomic mass is 35.5. The Bertz CT molecular complexity index is 1090. The van der Waals surface area contributed by atoms with E-state index in [9.17, 15) is 9.59 Å². The normalized spacial score (nSPS) is 10.4. The molecule has 0 aliphatic carbocycles. The van der Waals surface area contributed by atoms with Crippen LogP contribution in [0, 0.1) is 0 Å². The quantitative estimate of drug-likeness (QED) is 0.542. The van der Waals surface area contributed by atoms with E-state index in [2.05, 4.69) is 10.5 Å². The summed E-state index contributed by atoms with van der Waals surface area (Å²) in [4.78, 5) is 25.1. The van der Waals surface area contributed by atoms with Gasteiger partial charge in [-0.1, -0.05) is 34.4 Å². The number of hydrogen-bond acceptors (Lipinski definition) is 7. The van der Waals surface area contributed by atoms with Crippen molar-refractivity contribution in [2.75, 3.05) is 26.6 Å². The van der Waals surface area contributed by atoms with Gasteiger partial charge in [0.25, 0.3) is 5.91 Å². The molecule has 2 aromatic carbocycles. The molecule has 1 aromatic heterocycles. The van der Waals surface area contributed by atoms with Crippen molar-refractivity contribution in [1.82, 2.24) is 5.16 Å². The lowest BCUT2D eigenvalue weighted by atomic mass is 10.1. The smallest absolute Gasteiger partial charge is 0.345 e. The van der Waals surface area contributed by atoms with E-state index in [1.807, 2.05) is 0 Å². The van der Waals surface area contributed by atoms with Crippen molar-refractivity contribution < 1.29 is 28.3 Å². The minimum Gasteiger partial charge on any atom is -0.493 e. The van der Waals surface area contributed by atoms with Crippen LogP contribution in [0.5, 0.6) is 11.5 Å². The second-order valence-electron chi connectivity index (χ2n) is 5.85. The van der Waals surface area contributed by atoms with Crippen molar-refractivity contribution >= 4 is 41.0 Å². The van der Waals surface area contributed by atoms with Gasteiger partial charge in [-0.05, 0) is 30.3 Å². The molecular weight excluding hydrogens is 435 g/mol. The minimum atomic E-state index is -0.787. The van der Waals surface area contributed by atoms with Crippen LogP contribution >= 0.6 is 23.2 Å². The van der Waals surface area contributed by atoms with Crippen LogP contribution in [-0.2, 0) is 4.74 Å². The van der Waals surface area contributed by atoms with Gasteiger partial charge in [0.2, 0.25) is 5.88 Å². The van der Waals surface area contributed by atoms with Crippen LogP contribution in [-0.4, -0.2) is 38.4 Å². The first-order valence-electron chi connectivity index (χ1n) is 8.47. The number of halogens is 2. The molecule has 0 aliphatic heterocycles. The van der Waals surface area contributed by atoms with E-state index in [-0.39, 0.29) is 38.3 Å². The molecule has 1 N–H and O–H groups in total. The third-order valence-corrected chi connectivity index (χ3v) is 4.78. The molecule has 156 valence electrons. The Morgan fingerprint density at radius 1 is 1.00 bits per heavy atom. The van der Waals surface area contributed by atoms with Crippen LogP contribution in [0.2, 0.25) is 10.0 Å². The summed E-state index contributed by atoms with van der Waals surface area (Å²) in [5, 5.41) is 6.89. The lowest BCUT2D eigenvalue weighted by molar-refractivity contribution is 0.0602. The fourth-order valence-corrected chi connectivity index (χ4v) is 3.29. The second kappa shape index (κ2) is 9.06. The molecule has 0 saturated carbocycles. The molecule has 30 heavy (non-hydrogen) atoms. The molecule has 0 saturated heterocycles. The predicted molar refractivity (Wildman–Crippen MR) is 111 cm³/mol. The topological polar surface area (TPSA) is 99.9 Å². The zero-order valence-electron chi connectivity index (χ0n) is 16.1. The number of anilines is 1. The number of carbonyl (C=O) groups is 2. The number of nitrogens with zero attached hydrogens (tertiary/aromatic N) is 1. The summed E-state index contributed by atoms with van der Waals surface area (Å²) in [5.74, 6) is -0.759. The zero-order valence-corrected chi connectivity index (χ0v) is 17.6. The molecule has 3 aromatic rings. The lowest BCUT2D eigenvalue weighted by Gasteiger charge is -2.09. The molecule has 0 unspecified atom stereocenters. The van der Waals surface area contributed by atoms with Gasteiger partial charge in [-0.3, -0.25) is 10.1 Å². The van der Waals surface area contributed by atoms with E-state index in [0.717, 1.165) is 0 Å². The molecule has 10 heteroatoms. The number of nitrogens with one attached hydrogen (secondary N) is 1. The van der Waals surface area contributed by atoms with Crippen LogP contribution in [0.15, 0.2) is 40.9 Å². The largest absolute Gasteiger partial charge is 0.493 e. The summed E-state index contributed by atoms with van der Waals surface area (Å²) < 4.78 is 20.4. The molecule has 0 aliphatic rings. The first kappa shape index (κ1) is 21.5. The number of amides is 1.